The lowest BCUT2D eigenvalue weighted by Crippen LogP contribution is -2.53. The normalized spacial score (nSPS) is 20.3. The van der Waals surface area contributed by atoms with E-state index in [4.69, 9.17) is 16.7 Å². The van der Waals surface area contributed by atoms with Crippen LogP contribution >= 0.6 is 11.6 Å². The topological polar surface area (TPSA) is 99.6 Å². The Morgan fingerprint density at radius 2 is 2.12 bits per heavy atom. The molecule has 0 radical (unpaired) electrons. The standard InChI is InChI=1S/C17H16ClN3O4/c18-12-2-1-10-5-11(7-19-14(10)6-12)16(23)20-13-3-4-15(17(24)25)21(8-13)9-22/h1-2,5-7,9,13,15H,3-4,8H2,(H,20,23)(H,24,25). The van der Waals surface area contributed by atoms with Gasteiger partial charge in [-0.1, -0.05) is 17.7 Å². The van der Waals surface area contributed by atoms with Crippen molar-refractivity contribution in [2.45, 2.75) is 24.9 Å². The van der Waals surface area contributed by atoms with Crippen molar-refractivity contribution < 1.29 is 19.5 Å². The van der Waals surface area contributed by atoms with E-state index in [9.17, 15) is 14.4 Å². The van der Waals surface area contributed by atoms with E-state index in [1.807, 2.05) is 0 Å². The Kier molecular flexibility index (Phi) is 4.85. The van der Waals surface area contributed by atoms with E-state index in [0.29, 0.717) is 35.4 Å². The average Bonchev–Trinajstić information content (AvgIpc) is 2.60. The van der Waals surface area contributed by atoms with Gasteiger partial charge in [0.05, 0.1) is 11.1 Å². The van der Waals surface area contributed by atoms with Gasteiger partial charge in [0.1, 0.15) is 6.04 Å². The maximum absolute atomic E-state index is 12.4. The number of rotatable bonds is 4. The Morgan fingerprint density at radius 1 is 1.32 bits per heavy atom. The van der Waals surface area contributed by atoms with Crippen LogP contribution in [0.3, 0.4) is 0 Å². The molecule has 7 nitrogen and oxygen atoms in total. The van der Waals surface area contributed by atoms with Crippen LogP contribution in [-0.2, 0) is 9.59 Å². The summed E-state index contributed by atoms with van der Waals surface area (Å²) in [6, 6.07) is 5.81. The Bertz CT molecular complexity index is 842. The van der Waals surface area contributed by atoms with Crippen LogP contribution in [0.2, 0.25) is 5.02 Å². The number of aromatic nitrogens is 1. The molecule has 1 aromatic carbocycles. The van der Waals surface area contributed by atoms with Gasteiger partial charge >= 0.3 is 5.97 Å². The zero-order chi connectivity index (χ0) is 18.0. The van der Waals surface area contributed by atoms with Gasteiger partial charge in [-0.3, -0.25) is 14.6 Å². The number of nitrogens with one attached hydrogen (secondary N) is 1. The molecule has 0 aliphatic carbocycles. The number of hydrogen-bond acceptors (Lipinski definition) is 4. The molecule has 8 heteroatoms. The number of aliphatic carboxylic acids is 1. The lowest BCUT2D eigenvalue weighted by molar-refractivity contribution is -0.148. The number of carboxylic acids is 1. The number of pyridine rings is 1. The van der Waals surface area contributed by atoms with Crippen LogP contribution in [0.15, 0.2) is 30.5 Å². The average molecular weight is 362 g/mol. The minimum atomic E-state index is -1.03. The third kappa shape index (κ3) is 3.71. The molecule has 0 saturated carbocycles. The van der Waals surface area contributed by atoms with Crippen LogP contribution in [0.1, 0.15) is 23.2 Å². The first-order chi connectivity index (χ1) is 12.0. The van der Waals surface area contributed by atoms with Crippen molar-refractivity contribution in [1.29, 1.82) is 0 Å². The summed E-state index contributed by atoms with van der Waals surface area (Å²) in [6.45, 7) is 0.169. The number of likely N-dealkylation sites (tertiary alicyclic amines) is 1. The lowest BCUT2D eigenvalue weighted by Gasteiger charge is -2.35. The Hall–Kier alpha value is -2.67. The van der Waals surface area contributed by atoms with E-state index in [0.717, 1.165) is 5.39 Å². The summed E-state index contributed by atoms with van der Waals surface area (Å²) in [6.07, 6.45) is 2.77. The molecular formula is C17H16ClN3O4. The maximum Gasteiger partial charge on any atom is 0.326 e. The number of carbonyl (C=O) groups is 3. The van der Waals surface area contributed by atoms with Crippen molar-refractivity contribution in [3.63, 3.8) is 0 Å². The van der Waals surface area contributed by atoms with Gasteiger partial charge in [0.25, 0.3) is 5.91 Å². The molecule has 2 aromatic rings. The summed E-state index contributed by atoms with van der Waals surface area (Å²) in [5.74, 6) is -1.34. The number of halogens is 1. The molecule has 1 saturated heterocycles. The second-order valence-corrected chi connectivity index (χ2v) is 6.40. The molecule has 0 spiro atoms. The zero-order valence-electron chi connectivity index (χ0n) is 13.2. The van der Waals surface area contributed by atoms with Crippen molar-refractivity contribution in [1.82, 2.24) is 15.2 Å². The van der Waals surface area contributed by atoms with E-state index in [2.05, 4.69) is 10.3 Å². The fraction of sp³-hybridized carbons (Fsp3) is 0.294. The van der Waals surface area contributed by atoms with Gasteiger partial charge in [-0.05, 0) is 31.0 Å². The quantitative estimate of drug-likeness (QED) is 0.807. The highest BCUT2D eigenvalue weighted by molar-refractivity contribution is 6.31. The monoisotopic (exact) mass is 361 g/mol. The zero-order valence-corrected chi connectivity index (χ0v) is 13.9. The van der Waals surface area contributed by atoms with E-state index < -0.39 is 12.0 Å². The molecule has 2 amide bonds. The summed E-state index contributed by atoms with van der Waals surface area (Å²) in [4.78, 5) is 40.1. The number of carbonyl (C=O) groups excluding carboxylic acids is 2. The number of fused-ring (bicyclic) bond motifs is 1. The Labute approximate surface area is 148 Å². The van der Waals surface area contributed by atoms with E-state index in [1.54, 1.807) is 24.3 Å². The van der Waals surface area contributed by atoms with E-state index in [1.165, 1.54) is 11.1 Å². The number of hydrogen-bond donors (Lipinski definition) is 2. The molecule has 1 aliphatic rings. The predicted molar refractivity (Wildman–Crippen MR) is 91.4 cm³/mol. The number of amides is 2. The number of carboxylic acid groups (broad SMARTS) is 1. The second-order valence-electron chi connectivity index (χ2n) is 5.96. The molecule has 2 heterocycles. The molecule has 2 N–H and O–H groups in total. The van der Waals surface area contributed by atoms with Crippen LogP contribution in [0.4, 0.5) is 0 Å². The van der Waals surface area contributed by atoms with Crippen molar-refractivity contribution >= 4 is 40.8 Å². The van der Waals surface area contributed by atoms with Crippen LogP contribution in [0.25, 0.3) is 10.9 Å². The van der Waals surface area contributed by atoms with Crippen molar-refractivity contribution in [3.05, 3.63) is 41.0 Å². The first kappa shape index (κ1) is 17.2. The van der Waals surface area contributed by atoms with Gasteiger partial charge in [-0.2, -0.15) is 0 Å². The van der Waals surface area contributed by atoms with Crippen LogP contribution in [-0.4, -0.2) is 51.9 Å². The summed E-state index contributed by atoms with van der Waals surface area (Å²) in [7, 11) is 0. The summed E-state index contributed by atoms with van der Waals surface area (Å²) in [5.41, 5.74) is 1.09. The minimum absolute atomic E-state index is 0.169. The molecule has 0 bridgehead atoms. The highest BCUT2D eigenvalue weighted by Gasteiger charge is 2.32. The molecule has 25 heavy (non-hydrogen) atoms. The smallest absolute Gasteiger partial charge is 0.326 e. The van der Waals surface area contributed by atoms with Crippen LogP contribution < -0.4 is 5.32 Å². The van der Waals surface area contributed by atoms with E-state index in [-0.39, 0.29) is 18.5 Å². The number of nitrogens with zero attached hydrogens (tertiary/aromatic N) is 2. The third-order valence-electron chi connectivity index (χ3n) is 4.28. The molecule has 130 valence electrons. The van der Waals surface area contributed by atoms with Crippen LogP contribution in [0, 0.1) is 0 Å². The lowest BCUT2D eigenvalue weighted by atomic mass is 9.98. The van der Waals surface area contributed by atoms with Crippen molar-refractivity contribution in [3.8, 4) is 0 Å². The first-order valence-corrected chi connectivity index (χ1v) is 8.16. The highest BCUT2D eigenvalue weighted by Crippen LogP contribution is 2.20. The van der Waals surface area contributed by atoms with Gasteiger partial charge in [-0.25, -0.2) is 4.79 Å². The van der Waals surface area contributed by atoms with Gasteiger partial charge in [-0.15, -0.1) is 0 Å². The third-order valence-corrected chi connectivity index (χ3v) is 4.52. The minimum Gasteiger partial charge on any atom is -0.480 e. The van der Waals surface area contributed by atoms with Gasteiger partial charge < -0.3 is 15.3 Å². The molecule has 1 aliphatic heterocycles. The number of piperidine rings is 1. The van der Waals surface area contributed by atoms with Gasteiger partial charge in [0.2, 0.25) is 6.41 Å². The predicted octanol–water partition coefficient (Wildman–Crippen LogP) is 1.69. The molecular weight excluding hydrogens is 346 g/mol. The summed E-state index contributed by atoms with van der Waals surface area (Å²) >= 11 is 5.92. The Morgan fingerprint density at radius 3 is 2.84 bits per heavy atom. The molecule has 3 rings (SSSR count). The van der Waals surface area contributed by atoms with E-state index >= 15 is 0 Å². The summed E-state index contributed by atoms with van der Waals surface area (Å²) < 4.78 is 0. The Balaban J connectivity index is 1.71. The molecule has 1 aromatic heterocycles. The molecule has 2 atom stereocenters. The highest BCUT2D eigenvalue weighted by atomic mass is 35.5. The van der Waals surface area contributed by atoms with Crippen molar-refractivity contribution in [2.24, 2.45) is 0 Å². The fourth-order valence-electron chi connectivity index (χ4n) is 2.98. The summed E-state index contributed by atoms with van der Waals surface area (Å²) in [5, 5.41) is 13.3. The van der Waals surface area contributed by atoms with Gasteiger partial charge in [0.15, 0.2) is 0 Å². The number of benzene rings is 1. The molecule has 1 fully saturated rings. The largest absolute Gasteiger partial charge is 0.480 e. The van der Waals surface area contributed by atoms with Crippen LogP contribution in [0.5, 0.6) is 0 Å². The SMILES string of the molecule is O=CN1CC(NC(=O)c2cnc3cc(Cl)ccc3c2)CCC1C(=O)O. The van der Waals surface area contributed by atoms with Gasteiger partial charge in [0, 0.05) is 29.2 Å². The second kappa shape index (κ2) is 7.06. The van der Waals surface area contributed by atoms with Crippen molar-refractivity contribution in [2.75, 3.05) is 6.54 Å². The molecule has 2 unspecified atom stereocenters. The first-order valence-electron chi connectivity index (χ1n) is 7.78. The maximum atomic E-state index is 12.4. The fourth-order valence-corrected chi connectivity index (χ4v) is 3.15.